The third-order valence-electron chi connectivity index (χ3n) is 8.77. The largest absolute Gasteiger partial charge is 0.493 e. The van der Waals surface area contributed by atoms with Crippen molar-refractivity contribution in [1.29, 1.82) is 0 Å². The fourth-order valence-corrected chi connectivity index (χ4v) is 6.12. The SMILES string of the molecule is Br.Cc1ccc(OCCc2ccc(CN3CCN(C(=O)C=Cc4cc(C)c(Oc5ccc(OCc6ccccc6Cl)cn5)cc4Cl)CC3)cc2)cc1. The van der Waals surface area contributed by atoms with E-state index >= 15 is 0 Å². The first-order valence-electron chi connectivity index (χ1n) is 17.1. The number of carbonyl (C=O) groups excluding carboxylic acids is 1. The van der Waals surface area contributed by atoms with Crippen LogP contribution in [0.25, 0.3) is 6.08 Å². The molecule has 52 heavy (non-hydrogen) atoms. The molecule has 1 aliphatic rings. The monoisotopic (exact) mass is 801 g/mol. The quantitative estimate of drug-likeness (QED) is 0.111. The predicted molar refractivity (Wildman–Crippen MR) is 214 cm³/mol. The summed E-state index contributed by atoms with van der Waals surface area (Å²) in [4.78, 5) is 21.7. The molecule has 0 N–H and O–H groups in total. The minimum atomic E-state index is -0.0260. The van der Waals surface area contributed by atoms with Crippen molar-refractivity contribution in [1.82, 2.24) is 14.8 Å². The molecule has 7 nitrogen and oxygen atoms in total. The Kier molecular flexibility index (Phi) is 14.2. The van der Waals surface area contributed by atoms with Gasteiger partial charge in [0.1, 0.15) is 23.9 Å². The van der Waals surface area contributed by atoms with Crippen LogP contribution in [0.1, 0.15) is 33.4 Å². The first kappa shape index (κ1) is 38.9. The second-order valence-corrected chi connectivity index (χ2v) is 13.4. The average molecular weight is 804 g/mol. The van der Waals surface area contributed by atoms with Crippen LogP contribution in [0.2, 0.25) is 10.0 Å². The van der Waals surface area contributed by atoms with Crippen LogP contribution in [0.4, 0.5) is 0 Å². The molecule has 0 spiro atoms. The standard InChI is InChI=1S/C42H41Cl2N3O4.BrH/c1-30-7-14-36(15-8-30)49-24-19-32-9-11-33(12-10-32)28-46-20-22-47(23-21-46)42(48)18-13-34-25-31(2)40(26-39(34)44)51-41-17-16-37(27-45-41)50-29-35-5-3-4-6-38(35)43;/h3-18,25-27H,19-24,28-29H2,1-2H3;1H. The van der Waals surface area contributed by atoms with Gasteiger partial charge in [-0.05, 0) is 72.5 Å². The van der Waals surface area contributed by atoms with Crippen LogP contribution in [0, 0.1) is 13.8 Å². The second-order valence-electron chi connectivity index (χ2n) is 12.6. The van der Waals surface area contributed by atoms with Gasteiger partial charge in [-0.2, -0.15) is 0 Å². The summed E-state index contributed by atoms with van der Waals surface area (Å²) in [6.07, 6.45) is 5.83. The van der Waals surface area contributed by atoms with Crippen molar-refractivity contribution in [2.75, 3.05) is 32.8 Å². The highest BCUT2D eigenvalue weighted by Crippen LogP contribution is 2.31. The summed E-state index contributed by atoms with van der Waals surface area (Å²) in [6, 6.07) is 31.6. The number of hydrogen-bond acceptors (Lipinski definition) is 6. The Hall–Kier alpha value is -4.34. The van der Waals surface area contributed by atoms with E-state index in [0.29, 0.717) is 53.7 Å². The highest BCUT2D eigenvalue weighted by molar-refractivity contribution is 8.93. The molecule has 1 saturated heterocycles. The number of aryl methyl sites for hydroxylation is 2. The minimum Gasteiger partial charge on any atom is -0.493 e. The minimum absolute atomic E-state index is 0. The lowest BCUT2D eigenvalue weighted by atomic mass is 10.1. The summed E-state index contributed by atoms with van der Waals surface area (Å²) in [7, 11) is 0. The van der Waals surface area contributed by atoms with Crippen molar-refractivity contribution in [3.8, 4) is 23.1 Å². The first-order valence-corrected chi connectivity index (χ1v) is 17.8. The maximum absolute atomic E-state index is 13.1. The number of nitrogens with zero attached hydrogens (tertiary/aromatic N) is 3. The van der Waals surface area contributed by atoms with Gasteiger partial charge in [0, 0.05) is 67.9 Å². The molecule has 0 radical (unpaired) electrons. The van der Waals surface area contributed by atoms with E-state index in [1.807, 2.05) is 54.3 Å². The molecule has 6 rings (SSSR count). The molecule has 1 amide bonds. The molecular weight excluding hydrogens is 761 g/mol. The molecular formula is C42H42BrCl2N3O4. The molecule has 0 unspecified atom stereocenters. The van der Waals surface area contributed by atoms with Gasteiger partial charge in [-0.1, -0.05) is 83.4 Å². The summed E-state index contributed by atoms with van der Waals surface area (Å²) in [5, 5.41) is 1.14. The number of halogens is 3. The zero-order valence-corrected chi connectivity index (χ0v) is 32.5. The second kappa shape index (κ2) is 18.9. The van der Waals surface area contributed by atoms with Gasteiger partial charge in [0.15, 0.2) is 0 Å². The van der Waals surface area contributed by atoms with Gasteiger partial charge in [-0.25, -0.2) is 4.98 Å². The van der Waals surface area contributed by atoms with Crippen molar-refractivity contribution >= 4 is 52.2 Å². The van der Waals surface area contributed by atoms with Crippen molar-refractivity contribution < 1.29 is 19.0 Å². The number of pyridine rings is 1. The summed E-state index contributed by atoms with van der Waals surface area (Å²) in [5.41, 5.74) is 6.25. The van der Waals surface area contributed by atoms with Crippen LogP contribution < -0.4 is 14.2 Å². The van der Waals surface area contributed by atoms with Crippen molar-refractivity contribution in [3.63, 3.8) is 0 Å². The molecule has 0 atom stereocenters. The predicted octanol–water partition coefficient (Wildman–Crippen LogP) is 9.93. The Morgan fingerprint density at radius 2 is 1.52 bits per heavy atom. The van der Waals surface area contributed by atoms with E-state index in [0.717, 1.165) is 48.5 Å². The van der Waals surface area contributed by atoms with E-state index in [2.05, 4.69) is 53.2 Å². The lowest BCUT2D eigenvalue weighted by Crippen LogP contribution is -2.47. The molecule has 10 heteroatoms. The van der Waals surface area contributed by atoms with E-state index in [4.69, 9.17) is 37.4 Å². The summed E-state index contributed by atoms with van der Waals surface area (Å²) >= 11 is 12.8. The van der Waals surface area contributed by atoms with Crippen molar-refractivity contribution in [3.05, 3.63) is 153 Å². The van der Waals surface area contributed by atoms with Gasteiger partial charge in [-0.15, -0.1) is 17.0 Å². The van der Waals surface area contributed by atoms with Gasteiger partial charge < -0.3 is 19.1 Å². The molecule has 0 bridgehead atoms. The zero-order valence-electron chi connectivity index (χ0n) is 29.3. The lowest BCUT2D eigenvalue weighted by Gasteiger charge is -2.34. The third kappa shape index (κ3) is 11.1. The Balaban J connectivity index is 0.00000523. The van der Waals surface area contributed by atoms with E-state index in [9.17, 15) is 4.79 Å². The van der Waals surface area contributed by atoms with Crippen LogP contribution in [0.3, 0.4) is 0 Å². The molecule has 5 aromatic rings. The highest BCUT2D eigenvalue weighted by Gasteiger charge is 2.20. The number of ether oxygens (including phenoxy) is 3. The summed E-state index contributed by atoms with van der Waals surface area (Å²) in [6.45, 7) is 8.84. The van der Waals surface area contributed by atoms with Gasteiger partial charge >= 0.3 is 0 Å². The van der Waals surface area contributed by atoms with Gasteiger partial charge in [0.05, 0.1) is 17.8 Å². The molecule has 1 aliphatic heterocycles. The van der Waals surface area contributed by atoms with Crippen LogP contribution in [-0.2, 0) is 24.4 Å². The Morgan fingerprint density at radius 1 is 0.808 bits per heavy atom. The smallest absolute Gasteiger partial charge is 0.246 e. The average Bonchev–Trinajstić information content (AvgIpc) is 3.14. The van der Waals surface area contributed by atoms with E-state index in [1.54, 1.807) is 36.5 Å². The fourth-order valence-electron chi connectivity index (χ4n) is 5.71. The number of amides is 1. The third-order valence-corrected chi connectivity index (χ3v) is 9.47. The molecule has 270 valence electrons. The molecule has 4 aromatic carbocycles. The van der Waals surface area contributed by atoms with Crippen molar-refractivity contribution in [2.24, 2.45) is 0 Å². The molecule has 2 heterocycles. The number of carbonyl (C=O) groups is 1. The maximum atomic E-state index is 13.1. The van der Waals surface area contributed by atoms with Gasteiger partial charge in [-0.3, -0.25) is 9.69 Å². The topological polar surface area (TPSA) is 64.1 Å². The Labute approximate surface area is 326 Å². The fraction of sp³-hybridized carbons (Fsp3) is 0.238. The van der Waals surface area contributed by atoms with Crippen LogP contribution in [0.15, 0.2) is 109 Å². The van der Waals surface area contributed by atoms with E-state index < -0.39 is 0 Å². The Morgan fingerprint density at radius 3 is 2.23 bits per heavy atom. The van der Waals surface area contributed by atoms with Crippen molar-refractivity contribution in [2.45, 2.75) is 33.4 Å². The van der Waals surface area contributed by atoms with Crippen LogP contribution >= 0.6 is 40.2 Å². The number of benzene rings is 4. The Bertz CT molecular complexity index is 1950. The van der Waals surface area contributed by atoms with Gasteiger partial charge in [0.2, 0.25) is 11.8 Å². The summed E-state index contributed by atoms with van der Waals surface area (Å²) in [5.74, 6) is 2.47. The number of hydrogen-bond donors (Lipinski definition) is 0. The normalized spacial score (nSPS) is 13.1. The van der Waals surface area contributed by atoms with Crippen LogP contribution in [0.5, 0.6) is 23.1 Å². The zero-order chi connectivity index (χ0) is 35.6. The van der Waals surface area contributed by atoms with E-state index in [-0.39, 0.29) is 22.9 Å². The number of rotatable bonds is 13. The highest BCUT2D eigenvalue weighted by atomic mass is 79.9. The molecule has 1 aromatic heterocycles. The first-order chi connectivity index (χ1) is 24.8. The maximum Gasteiger partial charge on any atom is 0.246 e. The van der Waals surface area contributed by atoms with Crippen LogP contribution in [-0.4, -0.2) is 53.5 Å². The number of piperazine rings is 1. The molecule has 0 saturated carbocycles. The molecule has 0 aliphatic carbocycles. The molecule has 1 fully saturated rings. The van der Waals surface area contributed by atoms with Gasteiger partial charge in [0.25, 0.3) is 0 Å². The lowest BCUT2D eigenvalue weighted by molar-refractivity contribution is -0.127. The number of aromatic nitrogens is 1. The summed E-state index contributed by atoms with van der Waals surface area (Å²) < 4.78 is 17.7. The van der Waals surface area contributed by atoms with E-state index in [1.165, 1.54) is 16.7 Å².